The van der Waals surface area contributed by atoms with Gasteiger partial charge >= 0.3 is 5.97 Å². The summed E-state index contributed by atoms with van der Waals surface area (Å²) in [6.07, 6.45) is 0.0695. The van der Waals surface area contributed by atoms with E-state index < -0.39 is 11.4 Å². The van der Waals surface area contributed by atoms with E-state index >= 15 is 0 Å². The average Bonchev–Trinajstić information content (AvgIpc) is 2.16. The van der Waals surface area contributed by atoms with Crippen LogP contribution in [0.4, 0.5) is 5.69 Å². The zero-order valence-electron chi connectivity index (χ0n) is 9.78. The highest BCUT2D eigenvalue weighted by molar-refractivity contribution is 5.69. The molecule has 4 nitrogen and oxygen atoms in total. The van der Waals surface area contributed by atoms with E-state index in [0.717, 1.165) is 5.56 Å². The van der Waals surface area contributed by atoms with Crippen molar-refractivity contribution in [3.63, 3.8) is 0 Å². The van der Waals surface area contributed by atoms with Gasteiger partial charge in [-0.3, -0.25) is 4.79 Å². The number of nitrogen functional groups attached to an aromatic ring is 1. The largest absolute Gasteiger partial charge is 0.495 e. The van der Waals surface area contributed by atoms with E-state index in [1.807, 2.05) is 19.9 Å². The SMILES string of the molecule is COc1cc(C(C)(C)CC(=O)O)ccc1N. The maximum absolute atomic E-state index is 10.8. The quantitative estimate of drug-likeness (QED) is 0.766. The number of ether oxygens (including phenoxy) is 1. The molecule has 0 amide bonds. The van der Waals surface area contributed by atoms with E-state index in [1.165, 1.54) is 0 Å². The molecule has 16 heavy (non-hydrogen) atoms. The zero-order valence-corrected chi connectivity index (χ0v) is 9.78. The Bertz CT molecular complexity index is 399. The van der Waals surface area contributed by atoms with Gasteiger partial charge in [0.1, 0.15) is 5.75 Å². The van der Waals surface area contributed by atoms with Gasteiger partial charge in [-0.05, 0) is 17.7 Å². The van der Waals surface area contributed by atoms with Gasteiger partial charge in [0, 0.05) is 5.41 Å². The Kier molecular flexibility index (Phi) is 3.42. The van der Waals surface area contributed by atoms with Crippen molar-refractivity contribution >= 4 is 11.7 Å². The van der Waals surface area contributed by atoms with E-state index in [9.17, 15) is 4.79 Å². The molecule has 1 aromatic carbocycles. The van der Waals surface area contributed by atoms with Crippen LogP contribution in [0.15, 0.2) is 18.2 Å². The van der Waals surface area contributed by atoms with E-state index in [1.54, 1.807) is 19.2 Å². The Morgan fingerprint density at radius 1 is 1.50 bits per heavy atom. The van der Waals surface area contributed by atoms with Gasteiger partial charge in [0.05, 0.1) is 19.2 Å². The number of anilines is 1. The minimum Gasteiger partial charge on any atom is -0.495 e. The van der Waals surface area contributed by atoms with E-state index in [2.05, 4.69) is 0 Å². The first kappa shape index (κ1) is 12.4. The zero-order chi connectivity index (χ0) is 12.3. The number of nitrogens with two attached hydrogens (primary N) is 1. The summed E-state index contributed by atoms with van der Waals surface area (Å²) < 4.78 is 5.11. The molecular formula is C12H17NO3. The topological polar surface area (TPSA) is 72.5 Å². The smallest absolute Gasteiger partial charge is 0.304 e. The van der Waals surface area contributed by atoms with Crippen molar-refractivity contribution in [1.29, 1.82) is 0 Å². The fourth-order valence-electron chi connectivity index (χ4n) is 1.61. The van der Waals surface area contributed by atoms with Gasteiger partial charge < -0.3 is 15.6 Å². The van der Waals surface area contributed by atoms with Crippen molar-refractivity contribution in [2.45, 2.75) is 25.7 Å². The van der Waals surface area contributed by atoms with Crippen LogP contribution in [0.2, 0.25) is 0 Å². The molecule has 3 N–H and O–H groups in total. The van der Waals surface area contributed by atoms with Gasteiger partial charge in [0.2, 0.25) is 0 Å². The number of carboxylic acid groups (broad SMARTS) is 1. The van der Waals surface area contributed by atoms with Gasteiger partial charge in [-0.15, -0.1) is 0 Å². The molecule has 0 aliphatic heterocycles. The first-order valence-electron chi connectivity index (χ1n) is 5.02. The molecule has 0 radical (unpaired) electrons. The van der Waals surface area contributed by atoms with Gasteiger partial charge in [0.15, 0.2) is 0 Å². The Morgan fingerprint density at radius 3 is 2.62 bits per heavy atom. The highest BCUT2D eigenvalue weighted by Crippen LogP contribution is 2.32. The fourth-order valence-corrected chi connectivity index (χ4v) is 1.61. The predicted octanol–water partition coefficient (Wildman–Crippen LogP) is 2.03. The maximum atomic E-state index is 10.8. The second-order valence-corrected chi connectivity index (χ2v) is 4.41. The number of methoxy groups -OCH3 is 1. The lowest BCUT2D eigenvalue weighted by atomic mass is 9.81. The van der Waals surface area contributed by atoms with Crippen LogP contribution < -0.4 is 10.5 Å². The predicted molar refractivity (Wildman–Crippen MR) is 62.7 cm³/mol. The molecule has 0 unspecified atom stereocenters. The lowest BCUT2D eigenvalue weighted by Crippen LogP contribution is -2.21. The normalized spacial score (nSPS) is 11.2. The van der Waals surface area contributed by atoms with Crippen LogP contribution in [0.25, 0.3) is 0 Å². The molecule has 0 aliphatic carbocycles. The highest BCUT2D eigenvalue weighted by Gasteiger charge is 2.24. The molecule has 0 atom stereocenters. The molecule has 0 fully saturated rings. The lowest BCUT2D eigenvalue weighted by molar-refractivity contribution is -0.138. The molecule has 0 bridgehead atoms. The molecule has 4 heteroatoms. The van der Waals surface area contributed by atoms with Crippen molar-refractivity contribution < 1.29 is 14.6 Å². The number of rotatable bonds is 4. The van der Waals surface area contributed by atoms with Crippen molar-refractivity contribution in [2.24, 2.45) is 0 Å². The van der Waals surface area contributed by atoms with E-state index in [4.69, 9.17) is 15.6 Å². The maximum Gasteiger partial charge on any atom is 0.304 e. The number of benzene rings is 1. The van der Waals surface area contributed by atoms with Gasteiger partial charge in [-0.2, -0.15) is 0 Å². The summed E-state index contributed by atoms with van der Waals surface area (Å²) in [6, 6.07) is 5.36. The monoisotopic (exact) mass is 223 g/mol. The highest BCUT2D eigenvalue weighted by atomic mass is 16.5. The van der Waals surface area contributed by atoms with Crippen LogP contribution in [0, 0.1) is 0 Å². The molecule has 0 spiro atoms. The summed E-state index contributed by atoms with van der Waals surface area (Å²) in [7, 11) is 1.54. The standard InChI is InChI=1S/C12H17NO3/c1-12(2,7-11(14)15)8-4-5-9(13)10(6-8)16-3/h4-6H,7,13H2,1-3H3,(H,14,15). The molecular weight excluding hydrogens is 206 g/mol. The van der Waals surface area contributed by atoms with E-state index in [-0.39, 0.29) is 6.42 Å². The van der Waals surface area contributed by atoms with Crippen molar-refractivity contribution in [1.82, 2.24) is 0 Å². The summed E-state index contributed by atoms with van der Waals surface area (Å²) >= 11 is 0. The lowest BCUT2D eigenvalue weighted by Gasteiger charge is -2.23. The number of aliphatic carboxylic acids is 1. The molecule has 0 heterocycles. The minimum atomic E-state index is -0.819. The van der Waals surface area contributed by atoms with Gasteiger partial charge in [0.25, 0.3) is 0 Å². The molecule has 88 valence electrons. The minimum absolute atomic E-state index is 0.0695. The summed E-state index contributed by atoms with van der Waals surface area (Å²) in [5, 5.41) is 8.84. The van der Waals surface area contributed by atoms with Crippen LogP contribution in [0.5, 0.6) is 5.75 Å². The van der Waals surface area contributed by atoms with Crippen LogP contribution in [0.1, 0.15) is 25.8 Å². The summed E-state index contributed by atoms with van der Waals surface area (Å²) in [5.74, 6) is -0.239. The third-order valence-electron chi connectivity index (χ3n) is 2.61. The Labute approximate surface area is 95.0 Å². The van der Waals surface area contributed by atoms with Gasteiger partial charge in [-0.1, -0.05) is 19.9 Å². The molecule has 1 aromatic rings. The molecule has 0 saturated carbocycles. The number of hydrogen-bond acceptors (Lipinski definition) is 3. The third kappa shape index (κ3) is 2.66. The first-order chi connectivity index (χ1) is 7.36. The van der Waals surface area contributed by atoms with Crippen LogP contribution >= 0.6 is 0 Å². The number of carboxylic acids is 1. The van der Waals surface area contributed by atoms with Crippen LogP contribution in [-0.2, 0) is 10.2 Å². The summed E-state index contributed by atoms with van der Waals surface area (Å²) in [4.78, 5) is 10.8. The molecule has 0 aliphatic rings. The second kappa shape index (κ2) is 4.43. The van der Waals surface area contributed by atoms with Crippen molar-refractivity contribution in [2.75, 3.05) is 12.8 Å². The number of carbonyl (C=O) groups is 1. The number of hydrogen-bond donors (Lipinski definition) is 2. The third-order valence-corrected chi connectivity index (χ3v) is 2.61. The Hall–Kier alpha value is -1.71. The van der Waals surface area contributed by atoms with Gasteiger partial charge in [-0.25, -0.2) is 0 Å². The molecule has 0 saturated heterocycles. The second-order valence-electron chi connectivity index (χ2n) is 4.41. The average molecular weight is 223 g/mol. The van der Waals surface area contributed by atoms with Crippen molar-refractivity contribution in [3.05, 3.63) is 23.8 Å². The van der Waals surface area contributed by atoms with E-state index in [0.29, 0.717) is 11.4 Å². The molecule has 0 aromatic heterocycles. The Balaban J connectivity index is 3.08. The summed E-state index contributed by atoms with van der Waals surface area (Å²) in [6.45, 7) is 3.76. The Morgan fingerprint density at radius 2 is 2.12 bits per heavy atom. The summed E-state index contributed by atoms with van der Waals surface area (Å²) in [5.41, 5.74) is 6.72. The van der Waals surface area contributed by atoms with Crippen LogP contribution in [0.3, 0.4) is 0 Å². The van der Waals surface area contributed by atoms with Crippen molar-refractivity contribution in [3.8, 4) is 5.75 Å². The molecule has 1 rings (SSSR count). The van der Waals surface area contributed by atoms with Crippen LogP contribution in [-0.4, -0.2) is 18.2 Å². The fraction of sp³-hybridized carbons (Fsp3) is 0.417. The first-order valence-corrected chi connectivity index (χ1v) is 5.02.